The van der Waals surface area contributed by atoms with Crippen LogP contribution in [0.1, 0.15) is 27.9 Å². The van der Waals surface area contributed by atoms with Crippen LogP contribution in [-0.2, 0) is 6.42 Å². The number of pyridine rings is 1. The number of carboxylic acids is 1. The molecule has 0 fully saturated rings. The van der Waals surface area contributed by atoms with E-state index in [0.29, 0.717) is 12.4 Å². The molecule has 1 aliphatic heterocycles. The average molecular weight is 389 g/mol. The van der Waals surface area contributed by atoms with E-state index < -0.39 is 5.97 Å². The summed E-state index contributed by atoms with van der Waals surface area (Å²) in [6.07, 6.45) is 5.06. The Morgan fingerprint density at radius 1 is 1.24 bits per heavy atom. The van der Waals surface area contributed by atoms with Crippen molar-refractivity contribution >= 4 is 17.3 Å². The Hall–Kier alpha value is -3.54. The van der Waals surface area contributed by atoms with Gasteiger partial charge in [-0.2, -0.15) is 0 Å². The lowest BCUT2D eigenvalue weighted by atomic mass is 10.0. The molecule has 2 N–H and O–H groups in total. The molecule has 0 amide bonds. The first-order valence-corrected chi connectivity index (χ1v) is 9.64. The summed E-state index contributed by atoms with van der Waals surface area (Å²) in [6, 6.07) is 15.6. The number of carboxylic acid groups (broad SMARTS) is 1. The van der Waals surface area contributed by atoms with Crippen LogP contribution in [0.25, 0.3) is 0 Å². The number of benzene rings is 2. The Kier molecular flexibility index (Phi) is 5.33. The van der Waals surface area contributed by atoms with Gasteiger partial charge in [-0.15, -0.1) is 0 Å². The van der Waals surface area contributed by atoms with Crippen molar-refractivity contribution in [2.24, 2.45) is 0 Å². The molecule has 3 aromatic rings. The van der Waals surface area contributed by atoms with E-state index in [0.717, 1.165) is 42.1 Å². The van der Waals surface area contributed by atoms with Gasteiger partial charge >= 0.3 is 5.97 Å². The second kappa shape index (κ2) is 8.22. The number of hydrogen-bond donors (Lipinski definition) is 2. The van der Waals surface area contributed by atoms with E-state index in [-0.39, 0.29) is 5.56 Å². The zero-order valence-electron chi connectivity index (χ0n) is 16.3. The Balaban J connectivity index is 1.50. The molecule has 6 nitrogen and oxygen atoms in total. The summed E-state index contributed by atoms with van der Waals surface area (Å²) in [6.45, 7) is 3.45. The van der Waals surface area contributed by atoms with Gasteiger partial charge in [0.2, 0.25) is 0 Å². The van der Waals surface area contributed by atoms with E-state index in [4.69, 9.17) is 4.74 Å². The lowest BCUT2D eigenvalue weighted by molar-refractivity contribution is 0.0698. The number of fused-ring (bicyclic) bond motifs is 1. The molecule has 0 unspecified atom stereocenters. The van der Waals surface area contributed by atoms with Crippen molar-refractivity contribution in [1.82, 2.24) is 4.98 Å². The molecule has 148 valence electrons. The molecule has 1 aliphatic rings. The van der Waals surface area contributed by atoms with Crippen molar-refractivity contribution in [2.75, 3.05) is 23.4 Å². The number of anilines is 2. The van der Waals surface area contributed by atoms with Gasteiger partial charge in [0.1, 0.15) is 11.5 Å². The number of rotatable bonds is 6. The molecule has 0 spiro atoms. The van der Waals surface area contributed by atoms with Gasteiger partial charge in [-0.25, -0.2) is 4.79 Å². The highest BCUT2D eigenvalue weighted by Gasteiger charge is 2.18. The maximum Gasteiger partial charge on any atom is 0.337 e. The molecule has 2 heterocycles. The fraction of sp³-hybridized carbons (Fsp3) is 0.217. The maximum atomic E-state index is 11.4. The summed E-state index contributed by atoms with van der Waals surface area (Å²) in [5.41, 5.74) is 4.21. The summed E-state index contributed by atoms with van der Waals surface area (Å²) in [4.78, 5) is 17.6. The van der Waals surface area contributed by atoms with Crippen LogP contribution in [0.3, 0.4) is 0 Å². The van der Waals surface area contributed by atoms with Gasteiger partial charge < -0.3 is 20.1 Å². The van der Waals surface area contributed by atoms with E-state index in [1.165, 1.54) is 17.8 Å². The van der Waals surface area contributed by atoms with Crippen LogP contribution in [0.4, 0.5) is 11.4 Å². The highest BCUT2D eigenvalue weighted by Crippen LogP contribution is 2.33. The van der Waals surface area contributed by atoms with Crippen LogP contribution in [-0.4, -0.2) is 29.3 Å². The predicted octanol–water partition coefficient (Wildman–Crippen LogP) is 4.70. The predicted molar refractivity (Wildman–Crippen MR) is 113 cm³/mol. The van der Waals surface area contributed by atoms with Crippen molar-refractivity contribution < 1.29 is 14.6 Å². The summed E-state index contributed by atoms with van der Waals surface area (Å²) >= 11 is 0. The minimum absolute atomic E-state index is 0.221. The highest BCUT2D eigenvalue weighted by molar-refractivity contribution is 5.93. The fourth-order valence-electron chi connectivity index (χ4n) is 3.58. The van der Waals surface area contributed by atoms with Crippen LogP contribution >= 0.6 is 0 Å². The molecule has 0 saturated carbocycles. The molecule has 29 heavy (non-hydrogen) atoms. The third-order valence-electron chi connectivity index (χ3n) is 5.10. The van der Waals surface area contributed by atoms with Crippen LogP contribution in [0.5, 0.6) is 11.5 Å². The SMILES string of the molecule is Cc1ccccc1Oc1ccc2c(c1)CCCN2CNc1cnccc1C(=O)O. The van der Waals surface area contributed by atoms with Gasteiger partial charge in [-0.3, -0.25) is 4.98 Å². The van der Waals surface area contributed by atoms with Gasteiger partial charge in [0.05, 0.1) is 24.1 Å². The zero-order chi connectivity index (χ0) is 20.2. The monoisotopic (exact) mass is 389 g/mol. The van der Waals surface area contributed by atoms with Crippen molar-refractivity contribution in [3.8, 4) is 11.5 Å². The van der Waals surface area contributed by atoms with E-state index >= 15 is 0 Å². The first kappa shape index (κ1) is 18.8. The minimum atomic E-state index is -0.966. The Bertz CT molecular complexity index is 1040. The number of nitrogens with zero attached hydrogens (tertiary/aromatic N) is 2. The summed E-state index contributed by atoms with van der Waals surface area (Å²) in [7, 11) is 0. The summed E-state index contributed by atoms with van der Waals surface area (Å²) in [5.74, 6) is 0.722. The van der Waals surface area contributed by atoms with Gasteiger partial charge in [0.25, 0.3) is 0 Å². The molecule has 0 radical (unpaired) electrons. The molecule has 2 aromatic carbocycles. The van der Waals surface area contributed by atoms with Crippen LogP contribution < -0.4 is 15.0 Å². The fourth-order valence-corrected chi connectivity index (χ4v) is 3.58. The number of aromatic carboxylic acids is 1. The first-order chi connectivity index (χ1) is 14.1. The Morgan fingerprint density at radius 2 is 2.10 bits per heavy atom. The quantitative estimate of drug-likeness (QED) is 0.636. The normalized spacial score (nSPS) is 12.9. The van der Waals surface area contributed by atoms with E-state index in [9.17, 15) is 9.90 Å². The van der Waals surface area contributed by atoms with Crippen molar-refractivity contribution in [3.63, 3.8) is 0 Å². The number of ether oxygens (including phenoxy) is 1. The zero-order valence-corrected chi connectivity index (χ0v) is 16.3. The van der Waals surface area contributed by atoms with E-state index in [2.05, 4.69) is 27.3 Å². The lowest BCUT2D eigenvalue weighted by Crippen LogP contribution is -2.34. The van der Waals surface area contributed by atoms with Crippen LogP contribution in [0.2, 0.25) is 0 Å². The van der Waals surface area contributed by atoms with Gasteiger partial charge in [-0.05, 0) is 61.2 Å². The number of nitrogens with one attached hydrogen (secondary N) is 1. The smallest absolute Gasteiger partial charge is 0.337 e. The van der Waals surface area contributed by atoms with Gasteiger partial charge in [-0.1, -0.05) is 18.2 Å². The third-order valence-corrected chi connectivity index (χ3v) is 5.10. The topological polar surface area (TPSA) is 74.7 Å². The molecule has 0 bridgehead atoms. The average Bonchev–Trinajstić information content (AvgIpc) is 2.74. The first-order valence-electron chi connectivity index (χ1n) is 9.64. The molecule has 6 heteroatoms. The van der Waals surface area contributed by atoms with Crippen LogP contribution in [0, 0.1) is 6.92 Å². The Morgan fingerprint density at radius 3 is 2.93 bits per heavy atom. The maximum absolute atomic E-state index is 11.4. The molecule has 0 atom stereocenters. The third kappa shape index (κ3) is 4.16. The van der Waals surface area contributed by atoms with Crippen molar-refractivity contribution in [1.29, 1.82) is 0 Å². The van der Waals surface area contributed by atoms with Crippen molar-refractivity contribution in [3.05, 3.63) is 77.6 Å². The van der Waals surface area contributed by atoms with E-state index in [1.54, 1.807) is 6.20 Å². The Labute approximate surface area is 169 Å². The lowest BCUT2D eigenvalue weighted by Gasteiger charge is -2.32. The number of aromatic nitrogens is 1. The molecule has 0 aliphatic carbocycles. The number of hydrogen-bond acceptors (Lipinski definition) is 5. The van der Waals surface area contributed by atoms with Crippen molar-refractivity contribution in [2.45, 2.75) is 19.8 Å². The van der Waals surface area contributed by atoms with Gasteiger partial charge in [0, 0.05) is 18.4 Å². The molecule has 1 aromatic heterocycles. The number of para-hydroxylation sites is 1. The van der Waals surface area contributed by atoms with E-state index in [1.807, 2.05) is 37.3 Å². The van der Waals surface area contributed by atoms with Crippen LogP contribution in [0.15, 0.2) is 60.9 Å². The standard InChI is InChI=1S/C23H23N3O3/c1-16-5-2-3-7-22(16)29-18-8-9-21-17(13-18)6-4-12-26(21)15-25-20-14-24-11-10-19(20)23(27)28/h2-3,5,7-11,13-14,25H,4,6,12,15H2,1H3,(H,27,28). The molecular formula is C23H23N3O3. The summed E-state index contributed by atoms with van der Waals surface area (Å²) < 4.78 is 6.07. The number of aryl methyl sites for hydroxylation is 2. The second-order valence-corrected chi connectivity index (χ2v) is 7.09. The largest absolute Gasteiger partial charge is 0.478 e. The molecule has 0 saturated heterocycles. The molecule has 4 rings (SSSR count). The minimum Gasteiger partial charge on any atom is -0.478 e. The number of carbonyl (C=O) groups is 1. The van der Waals surface area contributed by atoms with Gasteiger partial charge in [0.15, 0.2) is 0 Å². The second-order valence-electron chi connectivity index (χ2n) is 7.09. The highest BCUT2D eigenvalue weighted by atomic mass is 16.5. The molecular weight excluding hydrogens is 366 g/mol. The summed E-state index contributed by atoms with van der Waals surface area (Å²) in [5, 5.41) is 12.6.